The van der Waals surface area contributed by atoms with Gasteiger partial charge in [0.1, 0.15) is 10.8 Å². The van der Waals surface area contributed by atoms with Crippen molar-refractivity contribution in [2.45, 2.75) is 13.1 Å². The molecule has 0 aliphatic carbocycles. The normalized spacial score (nSPS) is 12.9. The molecule has 0 bridgehead atoms. The van der Waals surface area contributed by atoms with Crippen LogP contribution in [0.3, 0.4) is 0 Å². The van der Waals surface area contributed by atoms with Crippen molar-refractivity contribution in [2.75, 3.05) is 27.1 Å². The highest BCUT2D eigenvalue weighted by atomic mass is 32.1. The van der Waals surface area contributed by atoms with Gasteiger partial charge in [-0.05, 0) is 6.07 Å². The monoisotopic (exact) mass is 322 g/mol. The van der Waals surface area contributed by atoms with Gasteiger partial charge in [-0.3, -0.25) is 4.90 Å². The number of thiazole rings is 1. The number of aromatic nitrogens is 1. The second-order valence-electron chi connectivity index (χ2n) is 4.88. The van der Waals surface area contributed by atoms with Crippen LogP contribution in [0.4, 0.5) is 0 Å². The molecule has 0 saturated carbocycles. The summed E-state index contributed by atoms with van der Waals surface area (Å²) >= 11 is 1.61. The molecule has 0 amide bonds. The molecule has 3 rings (SSSR count). The summed E-state index contributed by atoms with van der Waals surface area (Å²) in [6.45, 7) is 2.23. The van der Waals surface area contributed by atoms with E-state index in [1.165, 1.54) is 0 Å². The standard InChI is InChI=1S/C15H18N2O4S/c1-19-12-7-14-13(20-10-21-14)6-11(12)8-17(3-4-18)9-15-16-2-5-22-15/h2,5-7,18H,3-4,8-10H2,1H3. The van der Waals surface area contributed by atoms with Gasteiger partial charge in [0.05, 0.1) is 20.3 Å². The molecule has 1 aromatic heterocycles. The Kier molecular flexibility index (Phi) is 4.77. The molecular weight excluding hydrogens is 304 g/mol. The van der Waals surface area contributed by atoms with Crippen LogP contribution in [0.1, 0.15) is 10.6 Å². The van der Waals surface area contributed by atoms with Crippen molar-refractivity contribution in [3.63, 3.8) is 0 Å². The van der Waals surface area contributed by atoms with Gasteiger partial charge in [0.2, 0.25) is 6.79 Å². The molecule has 0 spiro atoms. The van der Waals surface area contributed by atoms with Crippen molar-refractivity contribution in [3.8, 4) is 17.2 Å². The van der Waals surface area contributed by atoms with Crippen molar-refractivity contribution in [1.82, 2.24) is 9.88 Å². The number of rotatable bonds is 7. The van der Waals surface area contributed by atoms with E-state index in [4.69, 9.17) is 14.2 Å². The van der Waals surface area contributed by atoms with E-state index in [0.29, 0.717) is 25.4 Å². The molecule has 1 aliphatic heterocycles. The average Bonchev–Trinajstić information content (AvgIpc) is 3.17. The fraction of sp³-hybridized carbons (Fsp3) is 0.400. The third-order valence-corrected chi connectivity index (χ3v) is 4.19. The smallest absolute Gasteiger partial charge is 0.231 e. The number of methoxy groups -OCH3 is 1. The fourth-order valence-electron chi connectivity index (χ4n) is 2.40. The first-order valence-electron chi connectivity index (χ1n) is 6.98. The van der Waals surface area contributed by atoms with Gasteiger partial charge in [-0.25, -0.2) is 4.98 Å². The summed E-state index contributed by atoms with van der Waals surface area (Å²) in [6.07, 6.45) is 1.79. The van der Waals surface area contributed by atoms with Crippen LogP contribution in [-0.2, 0) is 13.1 Å². The molecule has 7 heteroatoms. The minimum absolute atomic E-state index is 0.0955. The quantitative estimate of drug-likeness (QED) is 0.840. The van der Waals surface area contributed by atoms with E-state index in [0.717, 1.165) is 22.1 Å². The van der Waals surface area contributed by atoms with Gasteiger partial charge in [0, 0.05) is 36.3 Å². The largest absolute Gasteiger partial charge is 0.496 e. The first-order valence-corrected chi connectivity index (χ1v) is 7.86. The molecular formula is C15H18N2O4S. The molecule has 0 unspecified atom stereocenters. The Morgan fingerprint density at radius 2 is 2.14 bits per heavy atom. The maximum absolute atomic E-state index is 9.29. The molecule has 2 aromatic rings. The first-order chi connectivity index (χ1) is 10.8. The Hall–Kier alpha value is -1.83. The lowest BCUT2D eigenvalue weighted by atomic mass is 10.1. The number of fused-ring (bicyclic) bond motifs is 1. The maximum Gasteiger partial charge on any atom is 0.231 e. The Morgan fingerprint density at radius 3 is 2.82 bits per heavy atom. The van der Waals surface area contributed by atoms with Crippen molar-refractivity contribution in [2.24, 2.45) is 0 Å². The molecule has 0 radical (unpaired) electrons. The third-order valence-electron chi connectivity index (χ3n) is 3.43. The molecule has 1 aliphatic rings. The van der Waals surface area contributed by atoms with Crippen LogP contribution in [0.5, 0.6) is 17.2 Å². The molecule has 6 nitrogen and oxygen atoms in total. The molecule has 2 heterocycles. The number of benzene rings is 1. The number of hydrogen-bond acceptors (Lipinski definition) is 7. The first kappa shape index (κ1) is 15.1. The third kappa shape index (κ3) is 3.32. The summed E-state index contributed by atoms with van der Waals surface area (Å²) in [5, 5.41) is 12.3. The molecule has 0 fully saturated rings. The summed E-state index contributed by atoms with van der Waals surface area (Å²) in [6, 6.07) is 3.78. The van der Waals surface area contributed by atoms with Crippen molar-refractivity contribution in [3.05, 3.63) is 34.3 Å². The number of hydrogen-bond donors (Lipinski definition) is 1. The van der Waals surface area contributed by atoms with Crippen LogP contribution in [-0.4, -0.2) is 42.0 Å². The minimum atomic E-state index is 0.0955. The fourth-order valence-corrected chi connectivity index (χ4v) is 3.06. The second kappa shape index (κ2) is 6.95. The SMILES string of the molecule is COc1cc2c(cc1CN(CCO)Cc1nccs1)OCO2. The predicted octanol–water partition coefficient (Wildman–Crippen LogP) is 1.87. The molecule has 0 saturated heterocycles. The maximum atomic E-state index is 9.29. The minimum Gasteiger partial charge on any atom is -0.496 e. The van der Waals surface area contributed by atoms with E-state index in [-0.39, 0.29) is 13.4 Å². The van der Waals surface area contributed by atoms with Gasteiger partial charge >= 0.3 is 0 Å². The number of aliphatic hydroxyl groups excluding tert-OH is 1. The highest BCUT2D eigenvalue weighted by Crippen LogP contribution is 2.38. The number of aliphatic hydroxyl groups is 1. The number of nitrogens with zero attached hydrogens (tertiary/aromatic N) is 2. The molecule has 1 aromatic carbocycles. The Balaban J connectivity index is 1.79. The lowest BCUT2D eigenvalue weighted by Gasteiger charge is -2.21. The van der Waals surface area contributed by atoms with Gasteiger partial charge < -0.3 is 19.3 Å². The molecule has 22 heavy (non-hydrogen) atoms. The van der Waals surface area contributed by atoms with Crippen LogP contribution in [0.25, 0.3) is 0 Å². The summed E-state index contributed by atoms with van der Waals surface area (Å²) in [5.41, 5.74) is 0.997. The average molecular weight is 322 g/mol. The zero-order valence-electron chi connectivity index (χ0n) is 12.3. The summed E-state index contributed by atoms with van der Waals surface area (Å²) in [5.74, 6) is 2.19. The van der Waals surface area contributed by atoms with E-state index < -0.39 is 0 Å². The van der Waals surface area contributed by atoms with Crippen LogP contribution in [0.2, 0.25) is 0 Å². The van der Waals surface area contributed by atoms with Crippen LogP contribution in [0, 0.1) is 0 Å². The van der Waals surface area contributed by atoms with Crippen molar-refractivity contribution >= 4 is 11.3 Å². The number of ether oxygens (including phenoxy) is 3. The van der Waals surface area contributed by atoms with Gasteiger partial charge in [0.25, 0.3) is 0 Å². The van der Waals surface area contributed by atoms with E-state index in [1.54, 1.807) is 24.6 Å². The van der Waals surface area contributed by atoms with E-state index in [2.05, 4.69) is 9.88 Å². The lowest BCUT2D eigenvalue weighted by molar-refractivity contribution is 0.173. The van der Waals surface area contributed by atoms with Crippen molar-refractivity contribution < 1.29 is 19.3 Å². The van der Waals surface area contributed by atoms with E-state index in [9.17, 15) is 5.11 Å². The predicted molar refractivity (Wildman–Crippen MR) is 82.4 cm³/mol. The lowest BCUT2D eigenvalue weighted by Crippen LogP contribution is -2.26. The van der Waals surface area contributed by atoms with Gasteiger partial charge in [-0.15, -0.1) is 11.3 Å². The second-order valence-corrected chi connectivity index (χ2v) is 5.86. The zero-order chi connectivity index (χ0) is 15.4. The van der Waals surface area contributed by atoms with Crippen LogP contribution < -0.4 is 14.2 Å². The molecule has 0 atom stereocenters. The Labute approximate surface area is 132 Å². The highest BCUT2D eigenvalue weighted by Gasteiger charge is 2.19. The Bertz CT molecular complexity index is 618. The summed E-state index contributed by atoms with van der Waals surface area (Å²) in [7, 11) is 1.64. The summed E-state index contributed by atoms with van der Waals surface area (Å²) in [4.78, 5) is 6.42. The topological polar surface area (TPSA) is 64.1 Å². The summed E-state index contributed by atoms with van der Waals surface area (Å²) < 4.78 is 16.2. The highest BCUT2D eigenvalue weighted by molar-refractivity contribution is 7.09. The van der Waals surface area contributed by atoms with Gasteiger partial charge in [-0.1, -0.05) is 0 Å². The van der Waals surface area contributed by atoms with Crippen LogP contribution in [0.15, 0.2) is 23.7 Å². The van der Waals surface area contributed by atoms with E-state index >= 15 is 0 Å². The van der Waals surface area contributed by atoms with Crippen molar-refractivity contribution in [1.29, 1.82) is 0 Å². The van der Waals surface area contributed by atoms with Gasteiger partial charge in [0.15, 0.2) is 11.5 Å². The van der Waals surface area contributed by atoms with Crippen LogP contribution >= 0.6 is 11.3 Å². The molecule has 1 N–H and O–H groups in total. The molecule has 118 valence electrons. The van der Waals surface area contributed by atoms with Gasteiger partial charge in [-0.2, -0.15) is 0 Å². The zero-order valence-corrected chi connectivity index (χ0v) is 13.1. The Morgan fingerprint density at radius 1 is 1.32 bits per heavy atom. The van der Waals surface area contributed by atoms with E-state index in [1.807, 2.05) is 17.5 Å².